The van der Waals surface area contributed by atoms with Crippen LogP contribution in [0.3, 0.4) is 0 Å². The lowest BCUT2D eigenvalue weighted by Crippen LogP contribution is -2.39. The molecule has 116 valence electrons. The van der Waals surface area contributed by atoms with E-state index in [-0.39, 0.29) is 6.61 Å². The Kier molecular flexibility index (Phi) is 3.98. The SMILES string of the molecule is Cc1cc(C)nc(N2CC[C@@](O)(COc3ccccc3)C2)n1. The van der Waals surface area contributed by atoms with Crippen LogP contribution < -0.4 is 9.64 Å². The smallest absolute Gasteiger partial charge is 0.225 e. The third-order valence-electron chi connectivity index (χ3n) is 3.84. The van der Waals surface area contributed by atoms with Crippen LogP contribution >= 0.6 is 0 Å². The Labute approximate surface area is 130 Å². The Bertz CT molecular complexity index is 627. The van der Waals surface area contributed by atoms with Crippen molar-refractivity contribution in [2.75, 3.05) is 24.6 Å². The maximum absolute atomic E-state index is 10.7. The van der Waals surface area contributed by atoms with Gasteiger partial charge in [0.1, 0.15) is 18.0 Å². The summed E-state index contributed by atoms with van der Waals surface area (Å²) in [7, 11) is 0. The topological polar surface area (TPSA) is 58.5 Å². The van der Waals surface area contributed by atoms with Crippen LogP contribution in [0, 0.1) is 13.8 Å². The van der Waals surface area contributed by atoms with Crippen LogP contribution in [0.1, 0.15) is 17.8 Å². The van der Waals surface area contributed by atoms with Crippen LogP contribution in [0.25, 0.3) is 0 Å². The number of rotatable bonds is 4. The molecule has 0 aliphatic carbocycles. The molecule has 2 heterocycles. The molecule has 0 radical (unpaired) electrons. The van der Waals surface area contributed by atoms with Gasteiger partial charge in [-0.05, 0) is 38.5 Å². The molecule has 1 aromatic carbocycles. The molecule has 22 heavy (non-hydrogen) atoms. The first-order valence-electron chi connectivity index (χ1n) is 7.52. The number of anilines is 1. The van der Waals surface area contributed by atoms with Gasteiger partial charge in [-0.2, -0.15) is 0 Å². The molecule has 0 saturated carbocycles. The first-order chi connectivity index (χ1) is 10.5. The van der Waals surface area contributed by atoms with Gasteiger partial charge in [0, 0.05) is 17.9 Å². The Morgan fingerprint density at radius 2 is 1.86 bits per heavy atom. The van der Waals surface area contributed by atoms with Gasteiger partial charge in [0.15, 0.2) is 0 Å². The first kappa shape index (κ1) is 14.8. The molecule has 1 aliphatic heterocycles. The van der Waals surface area contributed by atoms with E-state index < -0.39 is 5.60 Å². The van der Waals surface area contributed by atoms with Gasteiger partial charge in [0.05, 0.1) is 6.54 Å². The molecule has 1 atom stereocenters. The van der Waals surface area contributed by atoms with Crippen molar-refractivity contribution in [2.24, 2.45) is 0 Å². The van der Waals surface area contributed by atoms with E-state index in [0.717, 1.165) is 23.7 Å². The Hall–Kier alpha value is -2.14. The summed E-state index contributed by atoms with van der Waals surface area (Å²) in [5.74, 6) is 1.46. The predicted molar refractivity (Wildman–Crippen MR) is 85.2 cm³/mol. The minimum Gasteiger partial charge on any atom is -0.491 e. The zero-order valence-corrected chi connectivity index (χ0v) is 13.0. The van der Waals surface area contributed by atoms with E-state index in [9.17, 15) is 5.11 Å². The number of hydrogen-bond donors (Lipinski definition) is 1. The summed E-state index contributed by atoms with van der Waals surface area (Å²) in [5.41, 5.74) is 1.02. The number of nitrogens with zero attached hydrogens (tertiary/aromatic N) is 3. The summed E-state index contributed by atoms with van der Waals surface area (Å²) >= 11 is 0. The fourth-order valence-electron chi connectivity index (χ4n) is 2.73. The summed E-state index contributed by atoms with van der Waals surface area (Å²) < 4.78 is 5.71. The molecule has 1 aromatic heterocycles. The summed E-state index contributed by atoms with van der Waals surface area (Å²) in [4.78, 5) is 10.9. The molecule has 1 saturated heterocycles. The number of benzene rings is 1. The van der Waals surface area contributed by atoms with Crippen molar-refractivity contribution in [3.63, 3.8) is 0 Å². The van der Waals surface area contributed by atoms with Gasteiger partial charge in [0.2, 0.25) is 5.95 Å². The van der Waals surface area contributed by atoms with E-state index in [4.69, 9.17) is 4.74 Å². The molecule has 3 rings (SSSR count). The number of β-amino-alcohol motifs (C(OH)–C–C–N with tert-alkyl or cyclic N) is 1. The Morgan fingerprint density at radius 3 is 2.55 bits per heavy atom. The Balaban J connectivity index is 1.65. The average Bonchev–Trinajstić information content (AvgIpc) is 2.89. The summed E-state index contributed by atoms with van der Waals surface area (Å²) in [6.07, 6.45) is 0.649. The molecule has 0 amide bonds. The molecule has 1 aliphatic rings. The highest BCUT2D eigenvalue weighted by molar-refractivity contribution is 5.35. The highest BCUT2D eigenvalue weighted by Gasteiger charge is 2.38. The van der Waals surface area contributed by atoms with Gasteiger partial charge < -0.3 is 14.7 Å². The van der Waals surface area contributed by atoms with E-state index in [1.165, 1.54) is 0 Å². The summed E-state index contributed by atoms with van der Waals surface area (Å²) in [6, 6.07) is 11.5. The van der Waals surface area contributed by atoms with E-state index in [0.29, 0.717) is 18.9 Å². The van der Waals surface area contributed by atoms with Crippen LogP contribution in [0.5, 0.6) is 5.75 Å². The van der Waals surface area contributed by atoms with Crippen LogP contribution in [-0.4, -0.2) is 40.4 Å². The van der Waals surface area contributed by atoms with E-state index >= 15 is 0 Å². The minimum atomic E-state index is -0.864. The van der Waals surface area contributed by atoms with Crippen molar-refractivity contribution in [1.82, 2.24) is 9.97 Å². The molecule has 5 heteroatoms. The largest absolute Gasteiger partial charge is 0.491 e. The number of hydrogen-bond acceptors (Lipinski definition) is 5. The predicted octanol–water partition coefficient (Wildman–Crippen LogP) is 2.11. The van der Waals surface area contributed by atoms with Gasteiger partial charge in [0.25, 0.3) is 0 Å². The standard InChI is InChI=1S/C17H21N3O2/c1-13-10-14(2)19-16(18-13)20-9-8-17(21,11-20)12-22-15-6-4-3-5-7-15/h3-7,10,21H,8-9,11-12H2,1-2H3/t17-/m0/s1. The van der Waals surface area contributed by atoms with Gasteiger partial charge in [-0.25, -0.2) is 9.97 Å². The number of aryl methyl sites for hydroxylation is 2. The third-order valence-corrected chi connectivity index (χ3v) is 3.84. The zero-order chi connectivity index (χ0) is 15.6. The van der Waals surface area contributed by atoms with Crippen LogP contribution in [-0.2, 0) is 0 Å². The zero-order valence-electron chi connectivity index (χ0n) is 13.0. The summed E-state index contributed by atoms with van der Waals surface area (Å²) in [5, 5.41) is 10.7. The maximum atomic E-state index is 10.7. The van der Waals surface area contributed by atoms with Crippen molar-refractivity contribution in [3.8, 4) is 5.75 Å². The van der Waals surface area contributed by atoms with Crippen LogP contribution in [0.4, 0.5) is 5.95 Å². The minimum absolute atomic E-state index is 0.276. The number of para-hydroxylation sites is 1. The number of ether oxygens (including phenoxy) is 1. The molecule has 0 bridgehead atoms. The molecule has 0 unspecified atom stereocenters. The molecular weight excluding hydrogens is 278 g/mol. The van der Waals surface area contributed by atoms with Gasteiger partial charge >= 0.3 is 0 Å². The highest BCUT2D eigenvalue weighted by Crippen LogP contribution is 2.26. The van der Waals surface area contributed by atoms with Crippen molar-refractivity contribution >= 4 is 5.95 Å². The fourth-order valence-corrected chi connectivity index (χ4v) is 2.73. The van der Waals surface area contributed by atoms with Gasteiger partial charge in [-0.15, -0.1) is 0 Å². The monoisotopic (exact) mass is 299 g/mol. The lowest BCUT2D eigenvalue weighted by atomic mass is 10.1. The lowest BCUT2D eigenvalue weighted by molar-refractivity contribution is 0.0144. The third kappa shape index (κ3) is 3.36. The van der Waals surface area contributed by atoms with Crippen LogP contribution in [0.15, 0.2) is 36.4 Å². The molecule has 1 N–H and O–H groups in total. The molecular formula is C17H21N3O2. The fraction of sp³-hybridized carbons (Fsp3) is 0.412. The maximum Gasteiger partial charge on any atom is 0.225 e. The lowest BCUT2D eigenvalue weighted by Gasteiger charge is -2.23. The van der Waals surface area contributed by atoms with Gasteiger partial charge in [-0.3, -0.25) is 0 Å². The summed E-state index contributed by atoms with van der Waals surface area (Å²) in [6.45, 7) is 5.41. The molecule has 0 spiro atoms. The normalized spacial score (nSPS) is 21.1. The van der Waals surface area contributed by atoms with Crippen molar-refractivity contribution in [1.29, 1.82) is 0 Å². The molecule has 1 fully saturated rings. The van der Waals surface area contributed by atoms with Crippen molar-refractivity contribution in [2.45, 2.75) is 25.9 Å². The van der Waals surface area contributed by atoms with E-state index in [2.05, 4.69) is 9.97 Å². The number of aliphatic hydroxyl groups is 1. The molecule has 2 aromatic rings. The second kappa shape index (κ2) is 5.93. The van der Waals surface area contributed by atoms with Gasteiger partial charge in [-0.1, -0.05) is 18.2 Å². The van der Waals surface area contributed by atoms with E-state index in [1.807, 2.05) is 55.1 Å². The average molecular weight is 299 g/mol. The number of aromatic nitrogens is 2. The van der Waals surface area contributed by atoms with Crippen LogP contribution in [0.2, 0.25) is 0 Å². The molecule has 5 nitrogen and oxygen atoms in total. The second-order valence-electron chi connectivity index (χ2n) is 5.95. The van der Waals surface area contributed by atoms with E-state index in [1.54, 1.807) is 0 Å². The second-order valence-corrected chi connectivity index (χ2v) is 5.95. The van der Waals surface area contributed by atoms with Crippen molar-refractivity contribution < 1.29 is 9.84 Å². The quantitative estimate of drug-likeness (QED) is 0.937. The highest BCUT2D eigenvalue weighted by atomic mass is 16.5. The Morgan fingerprint density at radius 1 is 1.18 bits per heavy atom. The first-order valence-corrected chi connectivity index (χ1v) is 7.52. The van der Waals surface area contributed by atoms with Crippen molar-refractivity contribution in [3.05, 3.63) is 47.8 Å².